The molecule has 0 aliphatic carbocycles. The zero-order valence-corrected chi connectivity index (χ0v) is 15.4. The third-order valence-corrected chi connectivity index (χ3v) is 4.36. The summed E-state index contributed by atoms with van der Waals surface area (Å²) in [6, 6.07) is 14.6. The molecule has 3 rings (SSSR count). The van der Waals surface area contributed by atoms with Crippen LogP contribution >= 0.6 is 0 Å². The van der Waals surface area contributed by atoms with Gasteiger partial charge in [0.05, 0.1) is 11.5 Å². The second-order valence-electron chi connectivity index (χ2n) is 6.33. The number of hydrogen-bond donors (Lipinski definition) is 1. The Morgan fingerprint density at radius 3 is 2.57 bits per heavy atom. The number of carbonyl (C=O) groups excluding carboxylic acids is 2. The number of nitro groups is 1. The maximum atomic E-state index is 13.1. The second-order valence-corrected chi connectivity index (χ2v) is 6.33. The molecule has 8 heteroatoms. The lowest BCUT2D eigenvalue weighted by molar-refractivity contribution is -0.384. The van der Waals surface area contributed by atoms with Crippen molar-refractivity contribution in [3.63, 3.8) is 0 Å². The molecule has 1 aliphatic heterocycles. The number of rotatable bonds is 6. The van der Waals surface area contributed by atoms with E-state index in [2.05, 4.69) is 5.32 Å². The van der Waals surface area contributed by atoms with Crippen LogP contribution in [-0.4, -0.2) is 28.9 Å². The molecule has 1 atom stereocenters. The van der Waals surface area contributed by atoms with Crippen molar-refractivity contribution >= 4 is 28.9 Å². The van der Waals surface area contributed by atoms with Crippen LogP contribution in [0, 0.1) is 10.1 Å². The molecule has 144 valence electrons. The minimum Gasteiger partial charge on any atom is -0.464 e. The first-order valence-electron chi connectivity index (χ1n) is 8.68. The van der Waals surface area contributed by atoms with Gasteiger partial charge in [-0.05, 0) is 38.1 Å². The summed E-state index contributed by atoms with van der Waals surface area (Å²) in [5.41, 5.74) is -0.411. The number of amides is 1. The molecule has 1 unspecified atom stereocenters. The fourth-order valence-corrected chi connectivity index (χ4v) is 3.07. The summed E-state index contributed by atoms with van der Waals surface area (Å²) in [4.78, 5) is 37.6. The van der Waals surface area contributed by atoms with Gasteiger partial charge < -0.3 is 10.1 Å². The Labute approximate surface area is 161 Å². The van der Waals surface area contributed by atoms with Crippen molar-refractivity contribution in [1.82, 2.24) is 0 Å². The molecule has 0 radical (unpaired) electrons. The highest BCUT2D eigenvalue weighted by atomic mass is 16.6. The quantitative estimate of drug-likeness (QED) is 0.468. The van der Waals surface area contributed by atoms with Gasteiger partial charge in [0.25, 0.3) is 11.6 Å². The van der Waals surface area contributed by atoms with Crippen LogP contribution in [-0.2, 0) is 14.3 Å². The molecule has 0 saturated carbocycles. The fourth-order valence-electron chi connectivity index (χ4n) is 3.07. The van der Waals surface area contributed by atoms with Gasteiger partial charge in [-0.25, -0.2) is 4.79 Å². The van der Waals surface area contributed by atoms with Gasteiger partial charge >= 0.3 is 5.97 Å². The number of carbonyl (C=O) groups is 2. The van der Waals surface area contributed by atoms with Crippen molar-refractivity contribution in [2.75, 3.05) is 16.8 Å². The smallest absolute Gasteiger partial charge is 0.336 e. The van der Waals surface area contributed by atoms with Crippen LogP contribution in [0.2, 0.25) is 0 Å². The zero-order chi connectivity index (χ0) is 20.3. The van der Waals surface area contributed by atoms with E-state index in [1.165, 1.54) is 29.2 Å². The molecular weight excluding hydrogens is 362 g/mol. The molecule has 0 aromatic heterocycles. The van der Waals surface area contributed by atoms with Crippen molar-refractivity contribution in [3.8, 4) is 0 Å². The Balaban J connectivity index is 2.00. The Hall–Kier alpha value is -3.68. The average molecular weight is 381 g/mol. The normalized spacial score (nSPS) is 18.6. The number of hydrogen-bond acceptors (Lipinski definition) is 6. The summed E-state index contributed by atoms with van der Waals surface area (Å²) >= 11 is 0. The van der Waals surface area contributed by atoms with Crippen LogP contribution in [0.25, 0.3) is 0 Å². The summed E-state index contributed by atoms with van der Waals surface area (Å²) in [6.07, 6.45) is 1.49. The molecule has 1 heterocycles. The van der Waals surface area contributed by atoms with E-state index in [-0.39, 0.29) is 18.0 Å². The van der Waals surface area contributed by atoms with Crippen molar-refractivity contribution < 1.29 is 19.2 Å². The maximum Gasteiger partial charge on any atom is 0.336 e. The van der Waals surface area contributed by atoms with Gasteiger partial charge in [0.15, 0.2) is 5.54 Å². The Morgan fingerprint density at radius 2 is 1.93 bits per heavy atom. The number of non-ortho nitro benzene ring substituents is 1. The number of benzene rings is 2. The fraction of sp³-hybridized carbons (Fsp3) is 0.200. The minimum absolute atomic E-state index is 0.107. The number of nitro benzene ring substituents is 1. The highest BCUT2D eigenvalue weighted by molar-refractivity contribution is 6.16. The highest BCUT2D eigenvalue weighted by Crippen LogP contribution is 2.35. The predicted octanol–water partition coefficient (Wildman–Crippen LogP) is 3.26. The van der Waals surface area contributed by atoms with Crippen molar-refractivity contribution in [2.24, 2.45) is 0 Å². The van der Waals surface area contributed by atoms with Crippen molar-refractivity contribution in [3.05, 3.63) is 76.5 Å². The van der Waals surface area contributed by atoms with Crippen LogP contribution in [0.3, 0.4) is 0 Å². The maximum absolute atomic E-state index is 13.1. The minimum atomic E-state index is -1.35. The predicted molar refractivity (Wildman–Crippen MR) is 104 cm³/mol. The van der Waals surface area contributed by atoms with Crippen molar-refractivity contribution in [2.45, 2.75) is 19.4 Å². The molecule has 0 fully saturated rings. The monoisotopic (exact) mass is 381 g/mol. The van der Waals surface area contributed by atoms with Crippen LogP contribution in [0.15, 0.2) is 66.4 Å². The number of nitrogens with one attached hydrogen (secondary N) is 1. The second kappa shape index (κ2) is 7.51. The van der Waals surface area contributed by atoms with E-state index in [0.717, 1.165) is 0 Å². The SMILES string of the molecule is CCOC(=O)C1(C)C=C(Nc2cccc([N+](=O)[O-])c2)C(=O)N1c1ccccc1. The number of esters is 1. The van der Waals surface area contributed by atoms with Gasteiger partial charge in [0.1, 0.15) is 5.70 Å². The number of para-hydroxylation sites is 1. The first-order valence-corrected chi connectivity index (χ1v) is 8.68. The average Bonchev–Trinajstić information content (AvgIpc) is 2.94. The lowest BCUT2D eigenvalue weighted by Crippen LogP contribution is -2.51. The number of ether oxygens (including phenoxy) is 1. The topological polar surface area (TPSA) is 102 Å². The third-order valence-electron chi connectivity index (χ3n) is 4.36. The molecule has 0 saturated heterocycles. The Kier molecular flexibility index (Phi) is 5.12. The largest absolute Gasteiger partial charge is 0.464 e. The van der Waals surface area contributed by atoms with Crippen molar-refractivity contribution in [1.29, 1.82) is 0 Å². The first-order chi connectivity index (χ1) is 13.4. The van der Waals surface area contributed by atoms with E-state index in [1.807, 2.05) is 0 Å². The lowest BCUT2D eigenvalue weighted by atomic mass is 10.0. The summed E-state index contributed by atoms with van der Waals surface area (Å²) < 4.78 is 5.18. The molecule has 2 aromatic rings. The summed E-state index contributed by atoms with van der Waals surface area (Å²) in [6.45, 7) is 3.46. The Morgan fingerprint density at radius 1 is 1.21 bits per heavy atom. The number of nitrogens with zero attached hydrogens (tertiary/aromatic N) is 2. The Bertz CT molecular complexity index is 957. The molecule has 28 heavy (non-hydrogen) atoms. The van der Waals surface area contributed by atoms with Crippen LogP contribution in [0.5, 0.6) is 0 Å². The van der Waals surface area contributed by atoms with Crippen LogP contribution in [0.4, 0.5) is 17.1 Å². The molecule has 1 N–H and O–H groups in total. The van der Waals surface area contributed by atoms with Crippen LogP contribution in [0.1, 0.15) is 13.8 Å². The molecule has 2 aromatic carbocycles. The third kappa shape index (κ3) is 3.44. The molecule has 8 nitrogen and oxygen atoms in total. The molecule has 0 spiro atoms. The van der Waals surface area contributed by atoms with Gasteiger partial charge in [0.2, 0.25) is 0 Å². The molecule has 1 amide bonds. The first kappa shape index (κ1) is 19.1. The van der Waals surface area contributed by atoms with Gasteiger partial charge in [-0.1, -0.05) is 24.3 Å². The molecular formula is C20H19N3O5. The summed E-state index contributed by atoms with van der Waals surface area (Å²) in [7, 11) is 0. The summed E-state index contributed by atoms with van der Waals surface area (Å²) in [5.74, 6) is -1.00. The highest BCUT2D eigenvalue weighted by Gasteiger charge is 2.49. The summed E-state index contributed by atoms with van der Waals surface area (Å²) in [5, 5.41) is 13.9. The molecule has 0 bridgehead atoms. The standard InChI is InChI=1S/C20H19N3O5/c1-3-28-19(25)20(2)13-17(18(24)22(20)15-9-5-4-6-10-15)21-14-8-7-11-16(12-14)23(26)27/h4-13,21H,3H2,1-2H3. The van der Waals surface area contributed by atoms with E-state index < -0.39 is 22.3 Å². The zero-order valence-electron chi connectivity index (χ0n) is 15.4. The van der Waals surface area contributed by atoms with E-state index in [1.54, 1.807) is 50.2 Å². The van der Waals surface area contributed by atoms with Gasteiger partial charge in [0, 0.05) is 23.5 Å². The van der Waals surface area contributed by atoms with E-state index in [9.17, 15) is 19.7 Å². The van der Waals surface area contributed by atoms with Gasteiger partial charge in [-0.2, -0.15) is 0 Å². The van der Waals surface area contributed by atoms with E-state index in [4.69, 9.17) is 4.74 Å². The van der Waals surface area contributed by atoms with Gasteiger partial charge in [-0.3, -0.25) is 19.8 Å². The lowest BCUT2D eigenvalue weighted by Gasteiger charge is -2.32. The van der Waals surface area contributed by atoms with Crippen LogP contribution < -0.4 is 10.2 Å². The number of anilines is 2. The van der Waals surface area contributed by atoms with E-state index >= 15 is 0 Å². The van der Waals surface area contributed by atoms with E-state index in [0.29, 0.717) is 11.4 Å². The van der Waals surface area contributed by atoms with Gasteiger partial charge in [-0.15, -0.1) is 0 Å². The molecule has 1 aliphatic rings.